The third-order valence-electron chi connectivity index (χ3n) is 4.09. The van der Waals surface area contributed by atoms with Crippen molar-refractivity contribution >= 4 is 58.0 Å². The first-order valence-corrected chi connectivity index (χ1v) is 8.80. The Labute approximate surface area is 160 Å². The number of nitrogens with zero attached hydrogens (tertiary/aromatic N) is 1. The minimum absolute atomic E-state index is 0.134. The molecule has 1 saturated heterocycles. The maximum atomic E-state index is 12.5. The van der Waals surface area contributed by atoms with Crippen LogP contribution in [0.2, 0.25) is 15.1 Å². The van der Waals surface area contributed by atoms with Gasteiger partial charge in [-0.1, -0.05) is 40.9 Å². The second-order valence-corrected chi connectivity index (χ2v) is 7.27. The van der Waals surface area contributed by atoms with Crippen molar-refractivity contribution in [3.8, 4) is 0 Å². The Morgan fingerprint density at radius 3 is 2.44 bits per heavy atom. The highest BCUT2D eigenvalue weighted by atomic mass is 35.5. The van der Waals surface area contributed by atoms with E-state index >= 15 is 0 Å². The second-order valence-electron chi connectivity index (χ2n) is 5.99. The van der Waals surface area contributed by atoms with Crippen molar-refractivity contribution in [1.29, 1.82) is 0 Å². The monoisotopic (exact) mass is 396 g/mol. The average molecular weight is 398 g/mol. The van der Waals surface area contributed by atoms with Gasteiger partial charge in [0, 0.05) is 39.4 Å². The predicted molar refractivity (Wildman–Crippen MR) is 102 cm³/mol. The van der Waals surface area contributed by atoms with E-state index < -0.39 is 5.92 Å². The van der Waals surface area contributed by atoms with E-state index in [4.69, 9.17) is 34.8 Å². The van der Waals surface area contributed by atoms with Gasteiger partial charge in [-0.3, -0.25) is 9.59 Å². The number of anilines is 2. The van der Waals surface area contributed by atoms with Gasteiger partial charge in [-0.2, -0.15) is 0 Å². The van der Waals surface area contributed by atoms with Crippen molar-refractivity contribution in [3.05, 3.63) is 57.0 Å². The van der Waals surface area contributed by atoms with E-state index in [1.165, 1.54) is 4.90 Å². The number of carbonyl (C=O) groups is 2. The highest BCUT2D eigenvalue weighted by molar-refractivity contribution is 6.35. The van der Waals surface area contributed by atoms with E-state index in [1.807, 2.05) is 13.0 Å². The Morgan fingerprint density at radius 2 is 1.80 bits per heavy atom. The molecule has 1 unspecified atom stereocenters. The van der Waals surface area contributed by atoms with E-state index in [2.05, 4.69) is 5.32 Å². The van der Waals surface area contributed by atoms with E-state index in [-0.39, 0.29) is 24.8 Å². The molecule has 1 heterocycles. The maximum absolute atomic E-state index is 12.5. The predicted octanol–water partition coefficient (Wildman–Crippen LogP) is 4.95. The van der Waals surface area contributed by atoms with Crippen molar-refractivity contribution in [2.45, 2.75) is 13.3 Å². The van der Waals surface area contributed by atoms with Crippen LogP contribution < -0.4 is 10.2 Å². The summed E-state index contributed by atoms with van der Waals surface area (Å²) in [5.74, 6) is -0.811. The Hall–Kier alpha value is -1.75. The van der Waals surface area contributed by atoms with Gasteiger partial charge in [-0.15, -0.1) is 0 Å². The van der Waals surface area contributed by atoms with Crippen LogP contribution >= 0.6 is 34.8 Å². The zero-order valence-electron chi connectivity index (χ0n) is 13.4. The van der Waals surface area contributed by atoms with Gasteiger partial charge in [-0.25, -0.2) is 0 Å². The van der Waals surface area contributed by atoms with Gasteiger partial charge in [0.1, 0.15) is 0 Å². The zero-order valence-corrected chi connectivity index (χ0v) is 15.6. The Morgan fingerprint density at radius 1 is 1.12 bits per heavy atom. The largest absolute Gasteiger partial charge is 0.326 e. The lowest BCUT2D eigenvalue weighted by Crippen LogP contribution is -2.28. The van der Waals surface area contributed by atoms with Gasteiger partial charge in [-0.05, 0) is 42.8 Å². The minimum atomic E-state index is -0.453. The van der Waals surface area contributed by atoms with Crippen molar-refractivity contribution in [3.63, 3.8) is 0 Å². The lowest BCUT2D eigenvalue weighted by atomic mass is 10.1. The lowest BCUT2D eigenvalue weighted by Gasteiger charge is -2.17. The van der Waals surface area contributed by atoms with Crippen molar-refractivity contribution in [2.24, 2.45) is 5.92 Å². The molecule has 2 aromatic carbocycles. The number of benzene rings is 2. The fraction of sp³-hybridized carbons (Fsp3) is 0.222. The number of hydrogen-bond acceptors (Lipinski definition) is 2. The number of aryl methyl sites for hydroxylation is 1. The smallest absolute Gasteiger partial charge is 0.229 e. The van der Waals surface area contributed by atoms with Gasteiger partial charge < -0.3 is 10.2 Å². The molecule has 2 amide bonds. The van der Waals surface area contributed by atoms with Gasteiger partial charge in [0.25, 0.3) is 0 Å². The van der Waals surface area contributed by atoms with Crippen LogP contribution in [-0.4, -0.2) is 18.4 Å². The van der Waals surface area contributed by atoms with Gasteiger partial charge >= 0.3 is 0 Å². The van der Waals surface area contributed by atoms with E-state index in [9.17, 15) is 9.59 Å². The van der Waals surface area contributed by atoms with E-state index in [0.717, 1.165) is 5.56 Å². The molecule has 25 heavy (non-hydrogen) atoms. The van der Waals surface area contributed by atoms with E-state index in [1.54, 1.807) is 30.3 Å². The summed E-state index contributed by atoms with van der Waals surface area (Å²) in [7, 11) is 0. The number of halogens is 3. The molecule has 1 aliphatic rings. The minimum Gasteiger partial charge on any atom is -0.326 e. The summed E-state index contributed by atoms with van der Waals surface area (Å²) in [5.41, 5.74) is 2.13. The molecule has 1 fully saturated rings. The summed E-state index contributed by atoms with van der Waals surface area (Å²) in [5, 5.41) is 4.28. The van der Waals surface area contributed by atoms with Crippen LogP contribution in [0.1, 0.15) is 12.0 Å². The molecule has 0 radical (unpaired) electrons. The third-order valence-corrected chi connectivity index (χ3v) is 4.94. The molecule has 3 rings (SSSR count). The Kier molecular flexibility index (Phi) is 5.23. The summed E-state index contributed by atoms with van der Waals surface area (Å²) < 4.78 is 0. The first-order chi connectivity index (χ1) is 11.8. The standard InChI is InChI=1S/C18H15Cl3N2O2/c1-10-2-3-14(8-16(10)21)22-18(25)11-4-17(24)23(9-11)15-6-12(19)5-13(20)7-15/h2-3,5-8,11H,4,9H2,1H3,(H,22,25). The molecule has 2 aromatic rings. The molecule has 130 valence electrons. The normalized spacial score (nSPS) is 17.0. The molecule has 1 N–H and O–H groups in total. The molecule has 1 aliphatic heterocycles. The van der Waals surface area contributed by atoms with Crippen LogP contribution in [0, 0.1) is 12.8 Å². The number of hydrogen-bond donors (Lipinski definition) is 1. The number of rotatable bonds is 3. The average Bonchev–Trinajstić information content (AvgIpc) is 2.92. The van der Waals surface area contributed by atoms with Crippen molar-refractivity contribution in [1.82, 2.24) is 0 Å². The van der Waals surface area contributed by atoms with Gasteiger partial charge in [0.15, 0.2) is 0 Å². The number of nitrogens with one attached hydrogen (secondary N) is 1. The summed E-state index contributed by atoms with van der Waals surface area (Å²) in [4.78, 5) is 26.3. The summed E-state index contributed by atoms with van der Waals surface area (Å²) in [6.07, 6.45) is 0.134. The molecular weight excluding hydrogens is 383 g/mol. The van der Waals surface area contributed by atoms with Crippen LogP contribution in [-0.2, 0) is 9.59 Å². The molecule has 0 aromatic heterocycles. The van der Waals surface area contributed by atoms with Crippen LogP contribution in [0.4, 0.5) is 11.4 Å². The molecule has 1 atom stereocenters. The first kappa shape index (κ1) is 18.1. The van der Waals surface area contributed by atoms with Crippen LogP contribution in [0.3, 0.4) is 0 Å². The van der Waals surface area contributed by atoms with Crippen LogP contribution in [0.5, 0.6) is 0 Å². The van der Waals surface area contributed by atoms with Crippen LogP contribution in [0.25, 0.3) is 0 Å². The number of carbonyl (C=O) groups excluding carboxylic acids is 2. The van der Waals surface area contributed by atoms with E-state index in [0.29, 0.717) is 26.4 Å². The molecule has 7 heteroatoms. The fourth-order valence-electron chi connectivity index (χ4n) is 2.74. The molecular formula is C18H15Cl3N2O2. The highest BCUT2D eigenvalue weighted by Crippen LogP contribution is 2.31. The quantitative estimate of drug-likeness (QED) is 0.797. The van der Waals surface area contributed by atoms with Gasteiger partial charge in [0.05, 0.1) is 5.92 Å². The molecule has 4 nitrogen and oxygen atoms in total. The third kappa shape index (κ3) is 4.09. The fourth-order valence-corrected chi connectivity index (χ4v) is 3.44. The highest BCUT2D eigenvalue weighted by Gasteiger charge is 2.35. The lowest BCUT2D eigenvalue weighted by molar-refractivity contribution is -0.122. The Balaban J connectivity index is 1.73. The van der Waals surface area contributed by atoms with Gasteiger partial charge in [0.2, 0.25) is 11.8 Å². The topological polar surface area (TPSA) is 49.4 Å². The Bertz CT molecular complexity index is 834. The maximum Gasteiger partial charge on any atom is 0.229 e. The number of amides is 2. The molecule has 0 bridgehead atoms. The SMILES string of the molecule is Cc1ccc(NC(=O)C2CC(=O)N(c3cc(Cl)cc(Cl)c3)C2)cc1Cl. The first-order valence-electron chi connectivity index (χ1n) is 7.67. The van der Waals surface area contributed by atoms with Crippen molar-refractivity contribution in [2.75, 3.05) is 16.8 Å². The summed E-state index contributed by atoms with van der Waals surface area (Å²) in [6, 6.07) is 10.2. The zero-order chi connectivity index (χ0) is 18.1. The van der Waals surface area contributed by atoms with Crippen LogP contribution in [0.15, 0.2) is 36.4 Å². The molecule has 0 spiro atoms. The van der Waals surface area contributed by atoms with Crippen molar-refractivity contribution < 1.29 is 9.59 Å². The summed E-state index contributed by atoms with van der Waals surface area (Å²) >= 11 is 18.1. The molecule has 0 saturated carbocycles. The second kappa shape index (κ2) is 7.24. The molecule has 0 aliphatic carbocycles. The summed E-state index contributed by atoms with van der Waals surface area (Å²) in [6.45, 7) is 2.17.